The van der Waals surface area contributed by atoms with Gasteiger partial charge in [0.15, 0.2) is 5.69 Å². The first-order valence-corrected chi connectivity index (χ1v) is 5.05. The Hall–Kier alpha value is -1.85. The van der Waals surface area contributed by atoms with E-state index in [4.69, 9.17) is 9.84 Å². The van der Waals surface area contributed by atoms with Gasteiger partial charge in [0, 0.05) is 6.20 Å². The normalized spacial score (nSPS) is 12.1. The van der Waals surface area contributed by atoms with E-state index >= 15 is 0 Å². The number of hydrogen-bond donors (Lipinski definition) is 1. The van der Waals surface area contributed by atoms with Crippen LogP contribution in [-0.4, -0.2) is 33.4 Å². The summed E-state index contributed by atoms with van der Waals surface area (Å²) in [6, 6.07) is 0.701. The van der Waals surface area contributed by atoms with Gasteiger partial charge in [-0.15, -0.1) is 0 Å². The van der Waals surface area contributed by atoms with Gasteiger partial charge in [0.05, 0.1) is 6.61 Å². The third-order valence-corrected chi connectivity index (χ3v) is 2.08. The molecule has 0 bridgehead atoms. The summed E-state index contributed by atoms with van der Waals surface area (Å²) in [5, 5.41) is 12.8. The minimum Gasteiger partial charge on any atom is -0.480 e. The lowest BCUT2D eigenvalue weighted by Crippen LogP contribution is -2.19. The van der Waals surface area contributed by atoms with Gasteiger partial charge < -0.3 is 9.84 Å². The zero-order valence-electron chi connectivity index (χ0n) is 9.21. The maximum atomic E-state index is 11.3. The number of rotatable bonds is 5. The van der Waals surface area contributed by atoms with Crippen molar-refractivity contribution in [2.24, 2.45) is 0 Å². The molecule has 1 N–H and O–H groups in total. The highest BCUT2D eigenvalue weighted by atomic mass is 16.5. The standard InChI is InChI=1S/C10H14N2O4/c1-3-8(9(13)14)12-6-5-7(11-12)10(15)16-4-2/h5-6,8H,3-4H2,1-2H3,(H,13,14). The maximum absolute atomic E-state index is 11.3. The number of aromatic nitrogens is 2. The Balaban J connectivity index is 2.85. The summed E-state index contributed by atoms with van der Waals surface area (Å²) in [4.78, 5) is 22.2. The van der Waals surface area contributed by atoms with Crippen molar-refractivity contribution in [1.29, 1.82) is 0 Å². The molecule has 1 unspecified atom stereocenters. The molecule has 6 nitrogen and oxygen atoms in total. The fourth-order valence-corrected chi connectivity index (χ4v) is 1.30. The summed E-state index contributed by atoms with van der Waals surface area (Å²) in [6.45, 7) is 3.70. The molecule has 1 atom stereocenters. The maximum Gasteiger partial charge on any atom is 0.358 e. The van der Waals surface area contributed by atoms with Gasteiger partial charge in [-0.2, -0.15) is 5.10 Å². The van der Waals surface area contributed by atoms with Gasteiger partial charge in [-0.3, -0.25) is 4.68 Å². The highest BCUT2D eigenvalue weighted by Crippen LogP contribution is 2.11. The van der Waals surface area contributed by atoms with Gasteiger partial charge >= 0.3 is 11.9 Å². The summed E-state index contributed by atoms with van der Waals surface area (Å²) in [5.74, 6) is -1.51. The second-order valence-corrected chi connectivity index (χ2v) is 3.16. The van der Waals surface area contributed by atoms with Gasteiger partial charge in [-0.05, 0) is 19.4 Å². The van der Waals surface area contributed by atoms with E-state index in [1.807, 2.05) is 0 Å². The van der Waals surface area contributed by atoms with Crippen molar-refractivity contribution in [1.82, 2.24) is 9.78 Å². The number of nitrogens with zero attached hydrogens (tertiary/aromatic N) is 2. The summed E-state index contributed by atoms with van der Waals surface area (Å²) >= 11 is 0. The number of carboxylic acid groups (broad SMARTS) is 1. The predicted molar refractivity (Wildman–Crippen MR) is 55.1 cm³/mol. The number of hydrogen-bond acceptors (Lipinski definition) is 4. The number of aliphatic carboxylic acids is 1. The molecular formula is C10H14N2O4. The molecule has 0 radical (unpaired) electrons. The quantitative estimate of drug-likeness (QED) is 0.760. The van der Waals surface area contributed by atoms with E-state index in [-0.39, 0.29) is 12.3 Å². The predicted octanol–water partition coefficient (Wildman–Crippen LogP) is 1.10. The lowest BCUT2D eigenvalue weighted by atomic mass is 10.2. The van der Waals surface area contributed by atoms with Crippen LogP contribution < -0.4 is 0 Å². The Labute approximate surface area is 92.8 Å². The molecule has 0 saturated carbocycles. The zero-order chi connectivity index (χ0) is 12.1. The Morgan fingerprint density at radius 2 is 2.25 bits per heavy atom. The van der Waals surface area contributed by atoms with Crippen LogP contribution in [0.3, 0.4) is 0 Å². The molecule has 1 aromatic rings. The fourth-order valence-electron chi connectivity index (χ4n) is 1.30. The Morgan fingerprint density at radius 1 is 1.56 bits per heavy atom. The molecule has 0 fully saturated rings. The highest BCUT2D eigenvalue weighted by Gasteiger charge is 2.20. The van der Waals surface area contributed by atoms with Crippen molar-refractivity contribution >= 4 is 11.9 Å². The van der Waals surface area contributed by atoms with E-state index in [1.54, 1.807) is 13.8 Å². The van der Waals surface area contributed by atoms with Crippen LogP contribution in [0.4, 0.5) is 0 Å². The molecular weight excluding hydrogens is 212 g/mol. The molecule has 16 heavy (non-hydrogen) atoms. The second-order valence-electron chi connectivity index (χ2n) is 3.16. The van der Waals surface area contributed by atoms with Crippen molar-refractivity contribution in [3.8, 4) is 0 Å². The minimum absolute atomic E-state index is 0.126. The van der Waals surface area contributed by atoms with Gasteiger partial charge in [0.2, 0.25) is 0 Å². The van der Waals surface area contributed by atoms with E-state index < -0.39 is 18.0 Å². The largest absolute Gasteiger partial charge is 0.480 e. The molecule has 1 rings (SSSR count). The first-order chi connectivity index (χ1) is 7.60. The van der Waals surface area contributed by atoms with Gasteiger partial charge in [0.25, 0.3) is 0 Å². The van der Waals surface area contributed by atoms with E-state index in [0.29, 0.717) is 6.42 Å². The third-order valence-electron chi connectivity index (χ3n) is 2.08. The summed E-state index contributed by atoms with van der Waals surface area (Å²) in [7, 11) is 0. The zero-order valence-corrected chi connectivity index (χ0v) is 9.21. The second kappa shape index (κ2) is 5.29. The Kier molecular flexibility index (Phi) is 4.04. The van der Waals surface area contributed by atoms with Crippen molar-refractivity contribution in [2.75, 3.05) is 6.61 Å². The molecule has 6 heteroatoms. The van der Waals surface area contributed by atoms with Crippen LogP contribution in [0.25, 0.3) is 0 Å². The molecule has 88 valence electrons. The summed E-state index contributed by atoms with van der Waals surface area (Å²) < 4.78 is 6.01. The van der Waals surface area contributed by atoms with Crippen molar-refractivity contribution < 1.29 is 19.4 Å². The van der Waals surface area contributed by atoms with E-state index in [9.17, 15) is 9.59 Å². The number of esters is 1. The first kappa shape index (κ1) is 12.2. The average molecular weight is 226 g/mol. The van der Waals surface area contributed by atoms with Crippen molar-refractivity contribution in [2.45, 2.75) is 26.3 Å². The van der Waals surface area contributed by atoms with Gasteiger partial charge in [-0.25, -0.2) is 9.59 Å². The topological polar surface area (TPSA) is 81.4 Å². The number of ether oxygens (including phenoxy) is 1. The van der Waals surface area contributed by atoms with Crippen molar-refractivity contribution in [3.63, 3.8) is 0 Å². The third kappa shape index (κ3) is 2.59. The Morgan fingerprint density at radius 3 is 2.75 bits per heavy atom. The Bertz CT molecular complexity index is 386. The van der Waals surface area contributed by atoms with Crippen LogP contribution in [0.2, 0.25) is 0 Å². The molecule has 1 heterocycles. The lowest BCUT2D eigenvalue weighted by molar-refractivity contribution is -0.141. The lowest BCUT2D eigenvalue weighted by Gasteiger charge is -2.09. The number of carbonyl (C=O) groups excluding carboxylic acids is 1. The van der Waals surface area contributed by atoms with Crippen LogP contribution in [0, 0.1) is 0 Å². The molecule has 0 amide bonds. The van der Waals surface area contributed by atoms with E-state index in [0.717, 1.165) is 0 Å². The van der Waals surface area contributed by atoms with Crippen LogP contribution >= 0.6 is 0 Å². The average Bonchev–Trinajstić information content (AvgIpc) is 2.68. The van der Waals surface area contributed by atoms with Crippen LogP contribution in [0.1, 0.15) is 36.8 Å². The molecule has 0 saturated heterocycles. The molecule has 0 aromatic carbocycles. The number of carboxylic acids is 1. The first-order valence-electron chi connectivity index (χ1n) is 5.05. The summed E-state index contributed by atoms with van der Waals surface area (Å²) in [6.07, 6.45) is 1.87. The smallest absolute Gasteiger partial charge is 0.358 e. The summed E-state index contributed by atoms with van der Waals surface area (Å²) in [5.41, 5.74) is 0.126. The van der Waals surface area contributed by atoms with Crippen LogP contribution in [0.5, 0.6) is 0 Å². The molecule has 0 spiro atoms. The van der Waals surface area contributed by atoms with E-state index in [2.05, 4.69) is 5.10 Å². The monoisotopic (exact) mass is 226 g/mol. The van der Waals surface area contributed by atoms with E-state index in [1.165, 1.54) is 16.9 Å². The van der Waals surface area contributed by atoms with Gasteiger partial charge in [-0.1, -0.05) is 6.92 Å². The van der Waals surface area contributed by atoms with Gasteiger partial charge in [0.1, 0.15) is 6.04 Å². The molecule has 1 aromatic heterocycles. The molecule has 0 aliphatic heterocycles. The molecule has 0 aliphatic carbocycles. The van der Waals surface area contributed by atoms with Crippen LogP contribution in [-0.2, 0) is 9.53 Å². The minimum atomic E-state index is -0.971. The fraction of sp³-hybridized carbons (Fsp3) is 0.500. The van der Waals surface area contributed by atoms with Crippen LogP contribution in [0.15, 0.2) is 12.3 Å². The van der Waals surface area contributed by atoms with Crippen molar-refractivity contribution in [3.05, 3.63) is 18.0 Å². The SMILES string of the molecule is CCOC(=O)c1ccn(C(CC)C(=O)O)n1. The number of carbonyl (C=O) groups is 2. The highest BCUT2D eigenvalue weighted by molar-refractivity contribution is 5.87. The molecule has 0 aliphatic rings.